The summed E-state index contributed by atoms with van der Waals surface area (Å²) < 4.78 is 28.2. The monoisotopic (exact) mass is 354 g/mol. The molecule has 0 saturated heterocycles. The average molecular weight is 354 g/mol. The van der Waals surface area contributed by atoms with Crippen molar-refractivity contribution in [2.45, 2.75) is 58.7 Å². The van der Waals surface area contributed by atoms with Gasteiger partial charge in [-0.05, 0) is 25.3 Å². The lowest BCUT2D eigenvalue weighted by Crippen LogP contribution is -2.43. The molecule has 0 bridgehead atoms. The minimum atomic E-state index is -3.24. The third kappa shape index (κ3) is 3.97. The molecule has 1 N–H and O–H groups in total. The van der Waals surface area contributed by atoms with E-state index in [1.807, 2.05) is 22.6 Å². The number of rotatable bonds is 7. The molecule has 134 valence electrons. The van der Waals surface area contributed by atoms with E-state index in [0.717, 1.165) is 31.4 Å². The van der Waals surface area contributed by atoms with Crippen LogP contribution in [0, 0.1) is 5.92 Å². The fourth-order valence-electron chi connectivity index (χ4n) is 3.10. The fourth-order valence-corrected chi connectivity index (χ4v) is 4.29. The normalized spacial score (nSPS) is 18.3. The molecule has 1 aliphatic carbocycles. The topological polar surface area (TPSA) is 84.3 Å². The molecule has 0 unspecified atom stereocenters. The first-order valence-electron chi connectivity index (χ1n) is 8.80. The molecule has 0 atom stereocenters. The van der Waals surface area contributed by atoms with Crippen molar-refractivity contribution >= 4 is 15.9 Å². The van der Waals surface area contributed by atoms with Crippen LogP contribution >= 0.6 is 0 Å². The molecule has 1 aromatic heterocycles. The van der Waals surface area contributed by atoms with E-state index in [1.54, 1.807) is 0 Å². The molecule has 0 spiro atoms. The summed E-state index contributed by atoms with van der Waals surface area (Å²) in [5.74, 6) is 0.626. The molecule has 0 radical (unpaired) electrons. The number of hydrogen-bond donors (Lipinski definition) is 1. The summed E-state index contributed by atoms with van der Waals surface area (Å²) in [6.45, 7) is 4.12. The van der Waals surface area contributed by atoms with Crippen LogP contribution in [-0.2, 0) is 34.5 Å². The quantitative estimate of drug-likeness (QED) is 0.798. The van der Waals surface area contributed by atoms with E-state index in [4.69, 9.17) is 0 Å². The first kappa shape index (κ1) is 17.4. The zero-order chi connectivity index (χ0) is 17.2. The van der Waals surface area contributed by atoms with Gasteiger partial charge in [0, 0.05) is 12.5 Å². The Morgan fingerprint density at radius 1 is 1.38 bits per heavy atom. The summed E-state index contributed by atoms with van der Waals surface area (Å²) in [4.78, 5) is 14.3. The van der Waals surface area contributed by atoms with E-state index in [0.29, 0.717) is 31.7 Å². The molecule has 1 fully saturated rings. The van der Waals surface area contributed by atoms with Gasteiger partial charge in [-0.2, -0.15) is 5.10 Å². The van der Waals surface area contributed by atoms with Gasteiger partial charge in [-0.15, -0.1) is 0 Å². The summed E-state index contributed by atoms with van der Waals surface area (Å²) >= 11 is 0. The van der Waals surface area contributed by atoms with Gasteiger partial charge < -0.3 is 4.90 Å². The highest BCUT2D eigenvalue weighted by molar-refractivity contribution is 7.89. The Bertz CT molecular complexity index is 694. The molecule has 1 aromatic rings. The Balaban J connectivity index is 1.58. The zero-order valence-electron chi connectivity index (χ0n) is 14.2. The van der Waals surface area contributed by atoms with Crippen molar-refractivity contribution in [1.29, 1.82) is 0 Å². The van der Waals surface area contributed by atoms with Gasteiger partial charge >= 0.3 is 0 Å². The van der Waals surface area contributed by atoms with Crippen LogP contribution in [0.2, 0.25) is 0 Å². The van der Waals surface area contributed by atoms with E-state index in [1.165, 1.54) is 0 Å². The van der Waals surface area contributed by atoms with Crippen LogP contribution in [0.15, 0.2) is 6.07 Å². The van der Waals surface area contributed by atoms with E-state index >= 15 is 0 Å². The number of nitrogens with zero attached hydrogens (tertiary/aromatic N) is 3. The Morgan fingerprint density at radius 2 is 2.17 bits per heavy atom. The lowest BCUT2D eigenvalue weighted by Gasteiger charge is -2.34. The molecule has 1 saturated carbocycles. The Hall–Kier alpha value is -1.41. The molecule has 2 heterocycles. The molecule has 0 aromatic carbocycles. The largest absolute Gasteiger partial charge is 0.335 e. The van der Waals surface area contributed by atoms with E-state index in [-0.39, 0.29) is 24.1 Å². The van der Waals surface area contributed by atoms with Gasteiger partial charge in [-0.3, -0.25) is 9.48 Å². The van der Waals surface area contributed by atoms with E-state index < -0.39 is 10.0 Å². The highest BCUT2D eigenvalue weighted by atomic mass is 32.2. The Labute approximate surface area is 143 Å². The molecular formula is C16H26N4O3S. The lowest BCUT2D eigenvalue weighted by molar-refractivity contribution is -0.139. The van der Waals surface area contributed by atoms with Crippen molar-refractivity contribution in [3.05, 3.63) is 17.5 Å². The van der Waals surface area contributed by atoms with Gasteiger partial charge in [-0.1, -0.05) is 19.8 Å². The van der Waals surface area contributed by atoms with Crippen molar-refractivity contribution in [3.8, 4) is 0 Å². The second-order valence-electron chi connectivity index (χ2n) is 6.73. The van der Waals surface area contributed by atoms with Crippen molar-refractivity contribution in [1.82, 2.24) is 19.4 Å². The van der Waals surface area contributed by atoms with Crippen LogP contribution in [0.25, 0.3) is 0 Å². The summed E-state index contributed by atoms with van der Waals surface area (Å²) in [6, 6.07) is 1.91. The molecule has 2 aliphatic rings. The molecule has 24 heavy (non-hydrogen) atoms. The smallest absolute Gasteiger partial charge is 0.226 e. The maximum absolute atomic E-state index is 12.4. The number of hydrogen-bond acceptors (Lipinski definition) is 4. The standard InChI is InChI=1S/C16H26N4O3S/c1-2-3-9-24(22,23)17-11-14-10-15-12-19(7-8-20(15)18-14)16(21)13-5-4-6-13/h10,13,17H,2-9,11-12H2,1H3. The SMILES string of the molecule is CCCCS(=O)(=O)NCc1cc2n(n1)CCN(C(=O)C1CCC1)C2. The molecular weight excluding hydrogens is 328 g/mol. The van der Waals surface area contributed by atoms with Gasteiger partial charge in [0.15, 0.2) is 0 Å². The highest BCUT2D eigenvalue weighted by Crippen LogP contribution is 2.29. The molecule has 7 nitrogen and oxygen atoms in total. The van der Waals surface area contributed by atoms with Crippen molar-refractivity contribution in [2.24, 2.45) is 5.92 Å². The lowest BCUT2D eigenvalue weighted by atomic mass is 9.84. The minimum absolute atomic E-state index is 0.154. The number of unbranched alkanes of at least 4 members (excludes halogenated alkanes) is 1. The molecule has 1 amide bonds. The third-order valence-corrected chi connectivity index (χ3v) is 6.26. The Kier molecular flexibility index (Phi) is 5.24. The van der Waals surface area contributed by atoms with Crippen molar-refractivity contribution in [3.63, 3.8) is 0 Å². The predicted octanol–water partition coefficient (Wildman–Crippen LogP) is 1.24. The van der Waals surface area contributed by atoms with Crippen LogP contribution in [-0.4, -0.2) is 41.3 Å². The fraction of sp³-hybridized carbons (Fsp3) is 0.750. The van der Waals surface area contributed by atoms with Gasteiger partial charge in [-0.25, -0.2) is 13.1 Å². The summed E-state index contributed by atoms with van der Waals surface area (Å²) in [7, 11) is -3.24. The molecule has 8 heteroatoms. The maximum atomic E-state index is 12.4. The highest BCUT2D eigenvalue weighted by Gasteiger charge is 2.31. The van der Waals surface area contributed by atoms with Gasteiger partial charge in [0.2, 0.25) is 15.9 Å². The number of sulfonamides is 1. The first-order valence-corrected chi connectivity index (χ1v) is 10.5. The number of aromatic nitrogens is 2. The predicted molar refractivity (Wildman–Crippen MR) is 90.5 cm³/mol. The Morgan fingerprint density at radius 3 is 2.83 bits per heavy atom. The number of carbonyl (C=O) groups is 1. The number of amides is 1. The van der Waals surface area contributed by atoms with Crippen molar-refractivity contribution < 1.29 is 13.2 Å². The van der Waals surface area contributed by atoms with E-state index in [2.05, 4.69) is 9.82 Å². The molecule has 3 rings (SSSR count). The van der Waals surface area contributed by atoms with Gasteiger partial charge in [0.25, 0.3) is 0 Å². The van der Waals surface area contributed by atoms with Gasteiger partial charge in [0.05, 0.1) is 36.8 Å². The summed E-state index contributed by atoms with van der Waals surface area (Å²) in [5, 5.41) is 4.46. The summed E-state index contributed by atoms with van der Waals surface area (Å²) in [5.41, 5.74) is 1.69. The van der Waals surface area contributed by atoms with Crippen LogP contribution in [0.3, 0.4) is 0 Å². The van der Waals surface area contributed by atoms with Gasteiger partial charge in [0.1, 0.15) is 0 Å². The van der Waals surface area contributed by atoms with Crippen LogP contribution in [0.4, 0.5) is 0 Å². The van der Waals surface area contributed by atoms with Crippen LogP contribution in [0.5, 0.6) is 0 Å². The zero-order valence-corrected chi connectivity index (χ0v) is 15.0. The van der Waals surface area contributed by atoms with E-state index in [9.17, 15) is 13.2 Å². The number of carbonyl (C=O) groups excluding carboxylic acids is 1. The summed E-state index contributed by atoms with van der Waals surface area (Å²) in [6.07, 6.45) is 4.70. The molecule has 1 aliphatic heterocycles. The van der Waals surface area contributed by atoms with Crippen LogP contribution in [0.1, 0.15) is 50.4 Å². The first-order chi connectivity index (χ1) is 11.5. The third-order valence-electron chi connectivity index (χ3n) is 4.85. The number of nitrogens with one attached hydrogen (secondary N) is 1. The van der Waals surface area contributed by atoms with Crippen molar-refractivity contribution in [2.75, 3.05) is 12.3 Å². The maximum Gasteiger partial charge on any atom is 0.226 e. The minimum Gasteiger partial charge on any atom is -0.335 e. The second-order valence-corrected chi connectivity index (χ2v) is 8.66. The average Bonchev–Trinajstić information content (AvgIpc) is 2.91. The second kappa shape index (κ2) is 7.23. The van der Waals surface area contributed by atoms with Crippen LogP contribution < -0.4 is 4.72 Å². The number of fused-ring (bicyclic) bond motifs is 1.